The molecule has 164 valence electrons. The Morgan fingerprint density at radius 2 is 1.47 bits per heavy atom. The summed E-state index contributed by atoms with van der Waals surface area (Å²) in [7, 11) is 0. The third kappa shape index (κ3) is 3.77. The molecular formula is C23H12BrF5O3. The first-order valence-electron chi connectivity index (χ1n) is 9.15. The summed E-state index contributed by atoms with van der Waals surface area (Å²) in [4.78, 5) is 13.0. The van der Waals surface area contributed by atoms with Gasteiger partial charge < -0.3 is 9.15 Å². The molecule has 0 amide bonds. The second kappa shape index (κ2) is 8.38. The zero-order valence-corrected chi connectivity index (χ0v) is 17.8. The molecule has 0 saturated carbocycles. The zero-order valence-electron chi connectivity index (χ0n) is 16.2. The summed E-state index contributed by atoms with van der Waals surface area (Å²) in [5, 5.41) is 0.233. The molecule has 0 unspecified atom stereocenters. The largest absolute Gasteiger partial charge is 0.489 e. The Labute approximate surface area is 186 Å². The number of benzene rings is 3. The van der Waals surface area contributed by atoms with Gasteiger partial charge in [0.25, 0.3) is 0 Å². The molecule has 0 atom stereocenters. The fraction of sp³-hybridized carbons (Fsp3) is 0.0870. The van der Waals surface area contributed by atoms with Crippen LogP contribution in [0.15, 0.2) is 56.1 Å². The third-order valence-electron chi connectivity index (χ3n) is 4.86. The van der Waals surface area contributed by atoms with Crippen molar-refractivity contribution in [1.82, 2.24) is 0 Å². The molecule has 0 aliphatic carbocycles. The van der Waals surface area contributed by atoms with E-state index in [0.717, 1.165) is 4.47 Å². The first-order chi connectivity index (χ1) is 15.2. The van der Waals surface area contributed by atoms with Gasteiger partial charge in [0.05, 0.1) is 16.5 Å². The Morgan fingerprint density at radius 3 is 2.09 bits per heavy atom. The van der Waals surface area contributed by atoms with E-state index in [2.05, 4.69) is 15.9 Å². The van der Waals surface area contributed by atoms with Crippen LogP contribution in [0.3, 0.4) is 0 Å². The number of rotatable bonds is 4. The Balaban J connectivity index is 1.69. The topological polar surface area (TPSA) is 39.4 Å². The molecule has 0 N–H and O–H groups in total. The minimum atomic E-state index is -2.24. The van der Waals surface area contributed by atoms with Crippen LogP contribution in [-0.4, -0.2) is 0 Å². The van der Waals surface area contributed by atoms with E-state index >= 15 is 0 Å². The second-order valence-electron chi connectivity index (χ2n) is 6.86. The molecule has 0 saturated heterocycles. The van der Waals surface area contributed by atoms with Crippen molar-refractivity contribution in [3.63, 3.8) is 0 Å². The van der Waals surface area contributed by atoms with Crippen molar-refractivity contribution >= 4 is 26.9 Å². The summed E-state index contributed by atoms with van der Waals surface area (Å²) in [6.07, 6.45) is 0. The van der Waals surface area contributed by atoms with E-state index in [1.807, 2.05) is 0 Å². The molecule has 0 fully saturated rings. The molecule has 0 bridgehead atoms. The fourth-order valence-electron chi connectivity index (χ4n) is 3.26. The van der Waals surface area contributed by atoms with Crippen molar-refractivity contribution in [2.24, 2.45) is 0 Å². The van der Waals surface area contributed by atoms with Gasteiger partial charge in [-0.1, -0.05) is 28.1 Å². The summed E-state index contributed by atoms with van der Waals surface area (Å²) >= 11 is 3.33. The summed E-state index contributed by atoms with van der Waals surface area (Å²) in [5.41, 5.74) is -0.224. The number of halogens is 6. The standard InChI is InChI=1S/C23H12BrF5O3/c1-10-17(11-2-4-12(24)5-3-11)23(30)14-7-6-13(8-16(14)32-10)31-9-15-18(25)20(27)22(29)21(28)19(15)26/h2-8H,9H2,1H3. The Hall–Kier alpha value is -3.20. The highest BCUT2D eigenvalue weighted by Crippen LogP contribution is 2.29. The maximum atomic E-state index is 13.8. The monoisotopic (exact) mass is 510 g/mol. The summed E-state index contributed by atoms with van der Waals surface area (Å²) in [6.45, 7) is 0.693. The highest BCUT2D eigenvalue weighted by atomic mass is 79.9. The Bertz CT molecular complexity index is 1390. The van der Waals surface area contributed by atoms with Crippen molar-refractivity contribution in [1.29, 1.82) is 0 Å². The van der Waals surface area contributed by atoms with Crippen molar-refractivity contribution in [2.45, 2.75) is 13.5 Å². The highest BCUT2D eigenvalue weighted by Gasteiger charge is 2.26. The molecule has 0 spiro atoms. The molecule has 0 aliphatic heterocycles. The van der Waals surface area contributed by atoms with Crippen molar-refractivity contribution in [3.8, 4) is 16.9 Å². The van der Waals surface area contributed by atoms with Gasteiger partial charge >= 0.3 is 0 Å². The van der Waals surface area contributed by atoms with Crippen molar-refractivity contribution < 1.29 is 31.1 Å². The van der Waals surface area contributed by atoms with Crippen LogP contribution in [0.1, 0.15) is 11.3 Å². The molecule has 0 aliphatic rings. The molecule has 4 aromatic rings. The predicted molar refractivity (Wildman–Crippen MR) is 111 cm³/mol. The zero-order chi connectivity index (χ0) is 23.2. The van der Waals surface area contributed by atoms with E-state index in [1.165, 1.54) is 18.2 Å². The van der Waals surface area contributed by atoms with Gasteiger partial charge in [-0.15, -0.1) is 0 Å². The molecule has 3 aromatic carbocycles. The van der Waals surface area contributed by atoms with E-state index in [1.54, 1.807) is 31.2 Å². The smallest absolute Gasteiger partial charge is 0.200 e. The molecule has 1 aromatic heterocycles. The van der Waals surface area contributed by atoms with E-state index < -0.39 is 41.3 Å². The number of hydrogen-bond acceptors (Lipinski definition) is 3. The molecule has 4 rings (SSSR count). The van der Waals surface area contributed by atoms with Crippen LogP contribution < -0.4 is 10.2 Å². The predicted octanol–water partition coefficient (Wildman–Crippen LogP) is 6.81. The SMILES string of the molecule is Cc1oc2cc(OCc3c(F)c(F)c(F)c(F)c3F)ccc2c(=O)c1-c1ccc(Br)cc1. The average molecular weight is 511 g/mol. The first-order valence-corrected chi connectivity index (χ1v) is 9.95. The lowest BCUT2D eigenvalue weighted by molar-refractivity contribution is 0.279. The van der Waals surface area contributed by atoms with E-state index in [-0.39, 0.29) is 22.1 Å². The van der Waals surface area contributed by atoms with Crippen LogP contribution >= 0.6 is 15.9 Å². The summed E-state index contributed by atoms with van der Waals surface area (Å²) in [5.74, 6) is -9.94. The van der Waals surface area contributed by atoms with Crippen molar-refractivity contribution in [3.05, 3.63) is 97.6 Å². The van der Waals surface area contributed by atoms with Crippen LogP contribution in [0.25, 0.3) is 22.1 Å². The van der Waals surface area contributed by atoms with Crippen molar-refractivity contribution in [2.75, 3.05) is 0 Å². The lowest BCUT2D eigenvalue weighted by Gasteiger charge is -2.11. The number of fused-ring (bicyclic) bond motifs is 1. The van der Waals surface area contributed by atoms with Crippen LogP contribution in [0.4, 0.5) is 22.0 Å². The summed E-state index contributed by atoms with van der Waals surface area (Å²) < 4.78 is 79.4. The van der Waals surface area contributed by atoms with E-state index in [0.29, 0.717) is 16.9 Å². The Kier molecular flexibility index (Phi) is 5.77. The third-order valence-corrected chi connectivity index (χ3v) is 5.39. The Morgan fingerprint density at radius 1 is 0.875 bits per heavy atom. The molecule has 9 heteroatoms. The number of aryl methyl sites for hydroxylation is 1. The van der Waals surface area contributed by atoms with Crippen LogP contribution in [0, 0.1) is 36.0 Å². The van der Waals surface area contributed by atoms with Crippen LogP contribution in [0.2, 0.25) is 0 Å². The van der Waals surface area contributed by atoms with Gasteiger partial charge in [-0.25, -0.2) is 22.0 Å². The minimum Gasteiger partial charge on any atom is -0.489 e. The van der Waals surface area contributed by atoms with E-state index in [9.17, 15) is 26.7 Å². The molecule has 0 radical (unpaired) electrons. The summed E-state index contributed by atoms with van der Waals surface area (Å²) in [6, 6.07) is 11.1. The van der Waals surface area contributed by atoms with Crippen LogP contribution in [0.5, 0.6) is 5.75 Å². The molecule has 32 heavy (non-hydrogen) atoms. The maximum absolute atomic E-state index is 13.8. The van der Waals surface area contributed by atoms with Gasteiger partial charge in [0.15, 0.2) is 23.3 Å². The van der Waals surface area contributed by atoms with Gasteiger partial charge in [-0.3, -0.25) is 4.79 Å². The fourth-order valence-corrected chi connectivity index (χ4v) is 3.52. The van der Waals surface area contributed by atoms with Gasteiger partial charge in [-0.05, 0) is 36.8 Å². The van der Waals surface area contributed by atoms with Crippen LogP contribution in [-0.2, 0) is 6.61 Å². The number of ether oxygens (including phenoxy) is 1. The van der Waals surface area contributed by atoms with Gasteiger partial charge in [0, 0.05) is 10.5 Å². The normalized spacial score (nSPS) is 11.2. The van der Waals surface area contributed by atoms with Gasteiger partial charge in [-0.2, -0.15) is 0 Å². The minimum absolute atomic E-state index is 0.0142. The number of hydrogen-bond donors (Lipinski definition) is 0. The quantitative estimate of drug-likeness (QED) is 0.172. The lowest BCUT2D eigenvalue weighted by atomic mass is 10.0. The second-order valence-corrected chi connectivity index (χ2v) is 7.78. The van der Waals surface area contributed by atoms with Gasteiger partial charge in [0.2, 0.25) is 11.2 Å². The van der Waals surface area contributed by atoms with Gasteiger partial charge in [0.1, 0.15) is 23.7 Å². The lowest BCUT2D eigenvalue weighted by Crippen LogP contribution is -2.10. The molecule has 3 nitrogen and oxygen atoms in total. The molecular weight excluding hydrogens is 499 g/mol. The first kappa shape index (κ1) is 22.0. The molecule has 1 heterocycles. The average Bonchev–Trinajstić information content (AvgIpc) is 2.77. The van der Waals surface area contributed by atoms with E-state index in [4.69, 9.17) is 9.15 Å². The highest BCUT2D eigenvalue weighted by molar-refractivity contribution is 9.10. The maximum Gasteiger partial charge on any atom is 0.200 e.